The van der Waals surface area contributed by atoms with Crippen molar-refractivity contribution in [2.75, 3.05) is 0 Å². The van der Waals surface area contributed by atoms with E-state index in [-0.39, 0.29) is 30.4 Å². The molecule has 1 aliphatic carbocycles. The molecule has 1 N–H and O–H groups in total. The molecule has 0 unspecified atom stereocenters. The molecule has 0 fully saturated rings. The Morgan fingerprint density at radius 2 is 1.74 bits per heavy atom. The number of nitrogens with zero attached hydrogens (tertiary/aromatic N) is 1. The fourth-order valence-corrected chi connectivity index (χ4v) is 17.6. The number of fused-ring (bicyclic) bond motifs is 2. The maximum atomic E-state index is 12.6. The number of halogens is 2. The van der Waals surface area contributed by atoms with Gasteiger partial charge in [0.15, 0.2) is 0 Å². The standard InChI is InChI=1S/C24H25BrINO2SeSi/c1-23(2,3)31(24(4,5)6)19-11-13(28)7-8-15(19)27-16-9-10-17(29)20(21(16)31)18-12-14(26)22(25)30-18/h7-12,29H,1-6H3. The van der Waals surface area contributed by atoms with Crippen molar-refractivity contribution < 1.29 is 9.90 Å². The first-order valence-electron chi connectivity index (χ1n) is 10.1. The van der Waals surface area contributed by atoms with E-state index >= 15 is 0 Å². The van der Waals surface area contributed by atoms with E-state index in [2.05, 4.69) is 86.1 Å². The Kier molecular flexibility index (Phi) is 5.79. The number of carbonyl (C=O) groups excluding carboxylic acids is 1. The molecule has 0 saturated carbocycles. The van der Waals surface area contributed by atoms with Crippen molar-refractivity contribution in [1.82, 2.24) is 0 Å². The summed E-state index contributed by atoms with van der Waals surface area (Å²) in [6, 6.07) is 5.92. The number of ketones is 1. The van der Waals surface area contributed by atoms with Crippen LogP contribution in [0.25, 0.3) is 10.0 Å². The Morgan fingerprint density at radius 3 is 2.29 bits per heavy atom. The molecular weight excluding hydrogens is 648 g/mol. The second-order valence-corrected chi connectivity index (χ2v) is 21.0. The molecule has 0 saturated heterocycles. The molecule has 0 amide bonds. The van der Waals surface area contributed by atoms with Gasteiger partial charge in [-0.05, 0) is 0 Å². The molecule has 7 heteroatoms. The first kappa shape index (κ1) is 23.4. The van der Waals surface area contributed by atoms with Crippen LogP contribution in [0.5, 0.6) is 5.75 Å². The SMILES string of the molecule is CC(C)(C)[Si]1(C(C)(C)C)C2=CC(=O)C=CC2=Nc2ccc(O)c(-c3cc(I)c(Br)[se]3)c21. The Bertz CT molecular complexity index is 1180. The van der Waals surface area contributed by atoms with Crippen LogP contribution < -0.4 is 5.19 Å². The van der Waals surface area contributed by atoms with Crippen LogP contribution in [0.2, 0.25) is 10.1 Å². The number of aromatic hydroxyl groups is 1. The van der Waals surface area contributed by atoms with Gasteiger partial charge in [0.2, 0.25) is 0 Å². The fourth-order valence-electron chi connectivity index (χ4n) is 5.63. The number of hydrogen-bond donors (Lipinski definition) is 1. The summed E-state index contributed by atoms with van der Waals surface area (Å²) in [7, 11) is -2.67. The Labute approximate surface area is 212 Å². The van der Waals surface area contributed by atoms with E-state index in [1.807, 2.05) is 18.2 Å². The molecular formula is C24H25BrINO2SeSi. The third-order valence-corrected chi connectivity index (χ3v) is 18.9. The third kappa shape index (κ3) is 3.46. The summed E-state index contributed by atoms with van der Waals surface area (Å²) in [6.45, 7) is 13.8. The minimum absolute atomic E-state index is 0.0211. The Morgan fingerprint density at radius 1 is 1.10 bits per heavy atom. The first-order chi connectivity index (χ1) is 14.3. The molecule has 1 aromatic heterocycles. The van der Waals surface area contributed by atoms with E-state index in [1.165, 1.54) is 16.5 Å². The number of hydrogen-bond acceptors (Lipinski definition) is 3. The van der Waals surface area contributed by atoms with Crippen LogP contribution in [0.1, 0.15) is 41.5 Å². The van der Waals surface area contributed by atoms with Crippen LogP contribution in [0.4, 0.5) is 5.69 Å². The number of phenols is 1. The third-order valence-electron chi connectivity index (χ3n) is 6.29. The van der Waals surface area contributed by atoms with Crippen LogP contribution in [-0.4, -0.2) is 39.2 Å². The van der Waals surface area contributed by atoms with Gasteiger partial charge in [0.1, 0.15) is 0 Å². The zero-order valence-corrected chi connectivity index (χ0v) is 24.9. The van der Waals surface area contributed by atoms with Crippen LogP contribution >= 0.6 is 38.5 Å². The van der Waals surface area contributed by atoms with Crippen molar-refractivity contribution in [3.63, 3.8) is 0 Å². The predicted molar refractivity (Wildman–Crippen MR) is 145 cm³/mol. The molecule has 162 valence electrons. The number of aliphatic imine (C=N–C) groups is 1. The van der Waals surface area contributed by atoms with Crippen molar-refractivity contribution >= 4 is 83.5 Å². The molecule has 1 aliphatic heterocycles. The number of phenolic OH excluding ortho intramolecular Hbond substituents is 1. The van der Waals surface area contributed by atoms with Crippen molar-refractivity contribution in [1.29, 1.82) is 0 Å². The molecule has 0 spiro atoms. The summed E-state index contributed by atoms with van der Waals surface area (Å²) in [5, 5.41) is 13.2. The molecule has 0 radical (unpaired) electrons. The van der Waals surface area contributed by atoms with Crippen LogP contribution in [0.3, 0.4) is 0 Å². The first-order valence-corrected chi connectivity index (χ1v) is 15.7. The fraction of sp³-hybridized carbons (Fsp3) is 0.333. The second kappa shape index (κ2) is 7.66. The van der Waals surface area contributed by atoms with Gasteiger partial charge in [-0.2, -0.15) is 0 Å². The quantitative estimate of drug-likeness (QED) is 0.216. The molecule has 2 aromatic rings. The zero-order chi connectivity index (χ0) is 22.9. The number of benzene rings is 1. The molecule has 2 heterocycles. The van der Waals surface area contributed by atoms with E-state index in [0.717, 1.165) is 22.2 Å². The Hall–Kier alpha value is -0.734. The summed E-state index contributed by atoms with van der Waals surface area (Å²) in [5.74, 6) is 0.327. The van der Waals surface area contributed by atoms with Crippen LogP contribution in [-0.2, 0) is 4.79 Å². The van der Waals surface area contributed by atoms with E-state index < -0.39 is 8.07 Å². The van der Waals surface area contributed by atoms with Crippen molar-refractivity contribution in [2.24, 2.45) is 4.99 Å². The van der Waals surface area contributed by atoms with Gasteiger partial charge in [0.05, 0.1) is 0 Å². The van der Waals surface area contributed by atoms with Gasteiger partial charge < -0.3 is 0 Å². The van der Waals surface area contributed by atoms with Gasteiger partial charge in [-0.3, -0.25) is 0 Å². The number of rotatable bonds is 1. The summed E-state index contributed by atoms with van der Waals surface area (Å²) < 4.78 is 3.54. The molecule has 0 atom stereocenters. The molecule has 31 heavy (non-hydrogen) atoms. The van der Waals surface area contributed by atoms with E-state index in [4.69, 9.17) is 4.99 Å². The van der Waals surface area contributed by atoms with Crippen molar-refractivity contribution in [3.05, 3.63) is 48.5 Å². The summed E-state index contributed by atoms with van der Waals surface area (Å²) in [6.07, 6.45) is 5.32. The van der Waals surface area contributed by atoms with Crippen LogP contribution in [0, 0.1) is 3.57 Å². The molecule has 4 rings (SSSR count). The number of allylic oxidation sites excluding steroid dienone is 4. The van der Waals surface area contributed by atoms with Gasteiger partial charge in [0.25, 0.3) is 0 Å². The van der Waals surface area contributed by atoms with E-state index in [9.17, 15) is 9.90 Å². The molecule has 0 bridgehead atoms. The monoisotopic (exact) mass is 673 g/mol. The molecule has 2 aliphatic rings. The topological polar surface area (TPSA) is 49.7 Å². The van der Waals surface area contributed by atoms with E-state index in [1.54, 1.807) is 12.1 Å². The Balaban J connectivity index is 2.25. The summed E-state index contributed by atoms with van der Waals surface area (Å²) >= 11 is 6.15. The molecule has 1 aromatic carbocycles. The van der Waals surface area contributed by atoms with Crippen molar-refractivity contribution in [3.8, 4) is 15.8 Å². The van der Waals surface area contributed by atoms with E-state index in [0.29, 0.717) is 5.75 Å². The average molecular weight is 673 g/mol. The van der Waals surface area contributed by atoms with Crippen molar-refractivity contribution in [2.45, 2.75) is 51.6 Å². The minimum atomic E-state index is -2.67. The maximum absolute atomic E-state index is 12.6. The van der Waals surface area contributed by atoms with Gasteiger partial charge >= 0.3 is 214 Å². The van der Waals surface area contributed by atoms with Gasteiger partial charge in [-0.1, -0.05) is 0 Å². The second-order valence-electron chi connectivity index (χ2n) is 10.1. The normalized spacial score (nSPS) is 17.7. The number of carbonyl (C=O) groups is 1. The molecule has 3 nitrogen and oxygen atoms in total. The average Bonchev–Trinajstić information content (AvgIpc) is 2.96. The predicted octanol–water partition coefficient (Wildman–Crippen LogP) is 6.43. The zero-order valence-electron chi connectivity index (χ0n) is 18.4. The van der Waals surface area contributed by atoms with Gasteiger partial charge in [-0.25, -0.2) is 0 Å². The van der Waals surface area contributed by atoms with Gasteiger partial charge in [-0.15, -0.1) is 0 Å². The van der Waals surface area contributed by atoms with Gasteiger partial charge in [0, 0.05) is 0 Å². The van der Waals surface area contributed by atoms with Crippen LogP contribution in [0.15, 0.2) is 50.0 Å². The summed E-state index contributed by atoms with van der Waals surface area (Å²) in [5.41, 5.74) is 2.77. The summed E-state index contributed by atoms with van der Waals surface area (Å²) in [4.78, 5) is 17.6.